The summed E-state index contributed by atoms with van der Waals surface area (Å²) in [5, 5.41) is 18.8. The molecule has 26 heavy (non-hydrogen) atoms. The quantitative estimate of drug-likeness (QED) is 0.563. The smallest absolute Gasteiger partial charge is 0.280 e. The summed E-state index contributed by atoms with van der Waals surface area (Å²) in [6, 6.07) is 0. The maximum atomic E-state index is 11.6. The third kappa shape index (κ3) is 4.39. The lowest BCUT2D eigenvalue weighted by Crippen LogP contribution is -2.24. The molecule has 10 nitrogen and oxygen atoms in total. The molecule has 0 aromatic carbocycles. The van der Waals surface area contributed by atoms with Crippen LogP contribution in [-0.2, 0) is 4.74 Å². The molecule has 1 fully saturated rings. The van der Waals surface area contributed by atoms with Gasteiger partial charge in [-0.2, -0.15) is 4.98 Å². The van der Waals surface area contributed by atoms with Gasteiger partial charge in [-0.1, -0.05) is 20.8 Å². The first-order valence-corrected chi connectivity index (χ1v) is 8.84. The summed E-state index contributed by atoms with van der Waals surface area (Å²) in [7, 11) is 0. The molecule has 1 saturated heterocycles. The van der Waals surface area contributed by atoms with E-state index in [1.54, 1.807) is 0 Å². The van der Waals surface area contributed by atoms with Crippen LogP contribution < -0.4 is 11.3 Å². The maximum absolute atomic E-state index is 11.6. The Balaban J connectivity index is 0.000000298. The zero-order chi connectivity index (χ0) is 19.3. The van der Waals surface area contributed by atoms with Crippen molar-refractivity contribution >= 4 is 17.1 Å². The van der Waals surface area contributed by atoms with Crippen LogP contribution in [-0.4, -0.2) is 73.1 Å². The van der Waals surface area contributed by atoms with Gasteiger partial charge < -0.3 is 25.6 Å². The molecule has 0 aliphatic carbocycles. The van der Waals surface area contributed by atoms with Crippen molar-refractivity contribution in [3.63, 3.8) is 0 Å². The lowest BCUT2D eigenvalue weighted by Gasteiger charge is -2.13. The number of ether oxygens (including phenoxy) is 1. The van der Waals surface area contributed by atoms with E-state index in [1.165, 1.54) is 30.5 Å². The van der Waals surface area contributed by atoms with E-state index >= 15 is 0 Å². The summed E-state index contributed by atoms with van der Waals surface area (Å²) in [4.78, 5) is 24.3. The molecule has 5 N–H and O–H groups in total. The molecule has 3 atom stereocenters. The summed E-state index contributed by atoms with van der Waals surface area (Å²) >= 11 is 0. The van der Waals surface area contributed by atoms with Crippen LogP contribution in [0.3, 0.4) is 0 Å². The van der Waals surface area contributed by atoms with Crippen LogP contribution >= 0.6 is 0 Å². The van der Waals surface area contributed by atoms with E-state index < -0.39 is 24.0 Å². The van der Waals surface area contributed by atoms with Crippen molar-refractivity contribution in [1.29, 1.82) is 0 Å². The lowest BCUT2D eigenvalue weighted by atomic mass is 10.2. The first kappa shape index (κ1) is 20.3. The monoisotopic (exact) mass is 368 g/mol. The molecule has 0 radical (unpaired) electrons. The Labute approximate surface area is 151 Å². The van der Waals surface area contributed by atoms with Gasteiger partial charge in [-0.25, -0.2) is 4.98 Å². The number of hydrogen-bond acceptors (Lipinski definition) is 8. The second kappa shape index (κ2) is 9.08. The fourth-order valence-corrected chi connectivity index (χ4v) is 2.87. The molecular formula is C16H28N6O4. The van der Waals surface area contributed by atoms with Crippen molar-refractivity contribution in [3.05, 3.63) is 16.7 Å². The highest BCUT2D eigenvalue weighted by Gasteiger charge is 2.35. The zero-order valence-electron chi connectivity index (χ0n) is 15.4. The van der Waals surface area contributed by atoms with E-state index in [2.05, 4.69) is 40.6 Å². The zero-order valence-corrected chi connectivity index (χ0v) is 15.4. The fraction of sp³-hybridized carbons (Fsp3) is 0.688. The summed E-state index contributed by atoms with van der Waals surface area (Å²) in [6.07, 6.45) is -0.270. The number of nitrogens with zero attached hydrogens (tertiary/aromatic N) is 4. The SMILES string of the molecule is CCN(CC)CC.Nc1nc2c(ncn2[C@H]2C[C@H](O)[C@@H](CO)O2)c(=O)[nH]1. The highest BCUT2D eigenvalue weighted by molar-refractivity contribution is 5.70. The van der Waals surface area contributed by atoms with Crippen LogP contribution in [0.15, 0.2) is 11.1 Å². The lowest BCUT2D eigenvalue weighted by molar-refractivity contribution is -0.0432. The van der Waals surface area contributed by atoms with Gasteiger partial charge >= 0.3 is 0 Å². The molecular weight excluding hydrogens is 340 g/mol. The second-order valence-electron chi connectivity index (χ2n) is 6.01. The number of nitrogen functional groups attached to an aromatic ring is 1. The van der Waals surface area contributed by atoms with Gasteiger partial charge in [0.05, 0.1) is 19.0 Å². The Morgan fingerprint density at radius 3 is 2.54 bits per heavy atom. The van der Waals surface area contributed by atoms with Gasteiger partial charge in [0, 0.05) is 6.42 Å². The number of aliphatic hydroxyl groups excluding tert-OH is 2. The van der Waals surface area contributed by atoms with Crippen LogP contribution in [0.1, 0.15) is 33.4 Å². The molecule has 3 heterocycles. The predicted octanol–water partition coefficient (Wildman–Crippen LogP) is -0.309. The number of nitrogens with two attached hydrogens (primary N) is 1. The number of rotatable bonds is 5. The van der Waals surface area contributed by atoms with Crippen LogP contribution in [0, 0.1) is 0 Å². The van der Waals surface area contributed by atoms with Gasteiger partial charge in [-0.05, 0) is 19.6 Å². The number of nitrogens with one attached hydrogen (secondary N) is 1. The van der Waals surface area contributed by atoms with Crippen molar-refractivity contribution < 1.29 is 14.9 Å². The Hall–Kier alpha value is -2.01. The predicted molar refractivity (Wildman–Crippen MR) is 97.6 cm³/mol. The van der Waals surface area contributed by atoms with Gasteiger partial charge in [0.25, 0.3) is 5.56 Å². The van der Waals surface area contributed by atoms with E-state index in [0.29, 0.717) is 0 Å². The molecule has 146 valence electrons. The minimum atomic E-state index is -0.771. The number of H-pyrrole nitrogens is 1. The highest BCUT2D eigenvalue weighted by Crippen LogP contribution is 2.30. The summed E-state index contributed by atoms with van der Waals surface area (Å²) in [6.45, 7) is 9.85. The van der Waals surface area contributed by atoms with Crippen molar-refractivity contribution in [2.75, 3.05) is 32.0 Å². The number of aliphatic hydroxyl groups is 2. The number of anilines is 1. The van der Waals surface area contributed by atoms with Crippen molar-refractivity contribution in [1.82, 2.24) is 24.4 Å². The minimum absolute atomic E-state index is 0.0171. The Morgan fingerprint density at radius 1 is 1.38 bits per heavy atom. The van der Waals surface area contributed by atoms with E-state index in [0.717, 1.165) is 0 Å². The molecule has 2 aromatic heterocycles. The van der Waals surface area contributed by atoms with Gasteiger partial charge in [-0.3, -0.25) is 14.3 Å². The van der Waals surface area contributed by atoms with Crippen LogP contribution in [0.2, 0.25) is 0 Å². The molecule has 1 aliphatic rings. The number of hydrogen-bond donors (Lipinski definition) is 4. The Morgan fingerprint density at radius 2 is 2.04 bits per heavy atom. The van der Waals surface area contributed by atoms with E-state index in [-0.39, 0.29) is 30.1 Å². The molecule has 0 amide bonds. The number of fused-ring (bicyclic) bond motifs is 1. The van der Waals surface area contributed by atoms with Crippen LogP contribution in [0.5, 0.6) is 0 Å². The maximum Gasteiger partial charge on any atom is 0.280 e. The Bertz CT molecular complexity index is 751. The fourth-order valence-electron chi connectivity index (χ4n) is 2.87. The summed E-state index contributed by atoms with van der Waals surface area (Å²) in [5.74, 6) is -0.0171. The molecule has 0 bridgehead atoms. The first-order chi connectivity index (χ1) is 12.4. The summed E-state index contributed by atoms with van der Waals surface area (Å²) < 4.78 is 7.01. The molecule has 0 saturated carbocycles. The van der Waals surface area contributed by atoms with Crippen LogP contribution in [0.25, 0.3) is 11.2 Å². The van der Waals surface area contributed by atoms with Crippen molar-refractivity contribution in [2.24, 2.45) is 0 Å². The summed E-state index contributed by atoms with van der Waals surface area (Å²) in [5.41, 5.74) is 5.50. The van der Waals surface area contributed by atoms with E-state index in [4.69, 9.17) is 15.6 Å². The standard InChI is InChI=1S/C10H13N5O4.C6H15N/c11-10-13-8-7(9(18)14-10)12-3-15(8)6-1-4(17)5(2-16)19-6;1-4-7(5-2)6-3/h3-6,16-17H,1-2H2,(H3,11,13,14,18);4-6H2,1-3H3/t4-,5+,6+;/m0./s1. The molecule has 1 aliphatic heterocycles. The average molecular weight is 368 g/mol. The average Bonchev–Trinajstić information content (AvgIpc) is 3.20. The number of aromatic nitrogens is 4. The molecule has 0 unspecified atom stereocenters. The van der Waals surface area contributed by atoms with Gasteiger partial charge in [0.2, 0.25) is 5.95 Å². The largest absolute Gasteiger partial charge is 0.394 e. The molecule has 10 heteroatoms. The third-order valence-corrected chi connectivity index (χ3v) is 4.49. The first-order valence-electron chi connectivity index (χ1n) is 8.84. The topological polar surface area (TPSA) is 143 Å². The normalized spacial score (nSPS) is 22.6. The van der Waals surface area contributed by atoms with E-state index in [1.807, 2.05) is 0 Å². The van der Waals surface area contributed by atoms with Gasteiger partial charge in [0.1, 0.15) is 12.3 Å². The Kier molecular flexibility index (Phi) is 7.09. The highest BCUT2D eigenvalue weighted by atomic mass is 16.5. The second-order valence-corrected chi connectivity index (χ2v) is 6.01. The molecule has 3 rings (SSSR count). The van der Waals surface area contributed by atoms with E-state index in [9.17, 15) is 9.90 Å². The third-order valence-electron chi connectivity index (χ3n) is 4.49. The van der Waals surface area contributed by atoms with Crippen LogP contribution in [0.4, 0.5) is 5.95 Å². The van der Waals surface area contributed by atoms with Gasteiger partial charge in [0.15, 0.2) is 11.2 Å². The number of aromatic amines is 1. The number of imidazole rings is 1. The molecule has 0 spiro atoms. The molecule has 2 aromatic rings. The minimum Gasteiger partial charge on any atom is -0.394 e. The van der Waals surface area contributed by atoms with Crippen molar-refractivity contribution in [3.8, 4) is 0 Å². The van der Waals surface area contributed by atoms with Crippen molar-refractivity contribution in [2.45, 2.75) is 45.6 Å². The van der Waals surface area contributed by atoms with Gasteiger partial charge in [-0.15, -0.1) is 0 Å².